The fraction of sp³-hybridized carbons (Fsp3) is 0.684. The molecule has 1 aromatic rings. The molecule has 0 aliphatic carbocycles. The van der Waals surface area contributed by atoms with Gasteiger partial charge in [0, 0.05) is 11.6 Å². The van der Waals surface area contributed by atoms with Crippen LogP contribution in [0, 0.1) is 17.6 Å². The third kappa shape index (κ3) is 7.22. The van der Waals surface area contributed by atoms with Crippen LogP contribution in [0.15, 0.2) is 18.2 Å². The van der Waals surface area contributed by atoms with Crippen molar-refractivity contribution in [3.8, 4) is 0 Å². The van der Waals surface area contributed by atoms with Crippen LogP contribution >= 0.6 is 0 Å². The van der Waals surface area contributed by atoms with Crippen LogP contribution in [0.3, 0.4) is 0 Å². The first-order chi connectivity index (χ1) is 11.6. The molecule has 1 fully saturated rings. The average molecular weight is 343 g/mol. The van der Waals surface area contributed by atoms with Crippen molar-refractivity contribution in [1.82, 2.24) is 5.32 Å². The lowest BCUT2D eigenvalue weighted by atomic mass is 9.96. The molecule has 0 saturated carbocycles. The van der Waals surface area contributed by atoms with Gasteiger partial charge in [0.15, 0.2) is 0 Å². The summed E-state index contributed by atoms with van der Waals surface area (Å²) in [4.78, 5) is 0. The number of hydrogen-bond donors (Lipinski definition) is 1. The Balaban J connectivity index is 1.54. The van der Waals surface area contributed by atoms with E-state index in [1.165, 1.54) is 31.4 Å². The van der Waals surface area contributed by atoms with Crippen molar-refractivity contribution in [2.24, 2.45) is 5.92 Å². The van der Waals surface area contributed by atoms with E-state index in [0.29, 0.717) is 6.42 Å². The van der Waals surface area contributed by atoms with Gasteiger partial charge in [-0.1, -0.05) is 25.3 Å². The van der Waals surface area contributed by atoms with E-state index in [2.05, 4.69) is 5.32 Å². The predicted molar refractivity (Wildman–Crippen MR) is 89.6 cm³/mol. The van der Waals surface area contributed by atoms with Gasteiger partial charge in [-0.05, 0) is 50.8 Å². The second-order valence-corrected chi connectivity index (χ2v) is 6.70. The minimum Gasteiger partial charge on any atom is -0.374 e. The maximum Gasteiger partial charge on any atom is 0.131 e. The molecule has 0 bridgehead atoms. The fourth-order valence-corrected chi connectivity index (χ4v) is 3.16. The monoisotopic (exact) mass is 343 g/mol. The van der Waals surface area contributed by atoms with Gasteiger partial charge in [0.2, 0.25) is 0 Å². The smallest absolute Gasteiger partial charge is 0.131 e. The Hall–Kier alpha value is -1.07. The van der Waals surface area contributed by atoms with E-state index in [1.54, 1.807) is 0 Å². The molecule has 24 heavy (non-hydrogen) atoms. The van der Waals surface area contributed by atoms with Crippen molar-refractivity contribution < 1.29 is 17.9 Å². The lowest BCUT2D eigenvalue weighted by Crippen LogP contribution is -2.20. The summed E-state index contributed by atoms with van der Waals surface area (Å²) in [7, 11) is 0. The molecule has 1 aliphatic rings. The van der Waals surface area contributed by atoms with Crippen LogP contribution in [0.5, 0.6) is 0 Å². The van der Waals surface area contributed by atoms with E-state index < -0.39 is 17.8 Å². The maximum atomic E-state index is 13.8. The molecular formula is C19H28F3NO. The first-order valence-corrected chi connectivity index (χ1v) is 9.01. The third-order valence-electron chi connectivity index (χ3n) is 4.60. The van der Waals surface area contributed by atoms with Crippen molar-refractivity contribution in [2.75, 3.05) is 19.7 Å². The summed E-state index contributed by atoms with van der Waals surface area (Å²) in [6.07, 6.45) is 6.32. The molecule has 1 aliphatic heterocycles. The molecular weight excluding hydrogens is 315 g/mol. The van der Waals surface area contributed by atoms with Crippen LogP contribution in [-0.2, 0) is 11.3 Å². The minimum atomic E-state index is -1.03. The molecule has 2 unspecified atom stereocenters. The fourth-order valence-electron chi connectivity index (χ4n) is 3.16. The highest BCUT2D eigenvalue weighted by Crippen LogP contribution is 2.19. The van der Waals surface area contributed by atoms with Crippen LogP contribution in [0.25, 0.3) is 0 Å². The number of benzene rings is 1. The molecule has 2 rings (SSSR count). The topological polar surface area (TPSA) is 21.3 Å². The largest absolute Gasteiger partial charge is 0.374 e. The highest BCUT2D eigenvalue weighted by atomic mass is 19.1. The maximum absolute atomic E-state index is 13.8. The van der Waals surface area contributed by atoms with Crippen LogP contribution < -0.4 is 5.32 Å². The van der Waals surface area contributed by atoms with Gasteiger partial charge in [-0.2, -0.15) is 0 Å². The normalized spacial score (nSPS) is 19.9. The molecule has 1 aromatic carbocycles. The van der Waals surface area contributed by atoms with Gasteiger partial charge in [-0.25, -0.2) is 13.2 Å². The third-order valence-corrected chi connectivity index (χ3v) is 4.60. The summed E-state index contributed by atoms with van der Waals surface area (Å²) in [5.74, 6) is -0.547. The lowest BCUT2D eigenvalue weighted by molar-refractivity contribution is 0.0638. The second kappa shape index (κ2) is 10.7. The molecule has 1 heterocycles. The summed E-state index contributed by atoms with van der Waals surface area (Å²) in [5.41, 5.74) is 0.254. The number of halogens is 3. The van der Waals surface area contributed by atoms with Crippen molar-refractivity contribution in [3.63, 3.8) is 0 Å². The highest BCUT2D eigenvalue weighted by Gasteiger charge is 2.13. The van der Waals surface area contributed by atoms with Gasteiger partial charge in [-0.3, -0.25) is 0 Å². The zero-order chi connectivity index (χ0) is 17.2. The number of alkyl halides is 1. The molecule has 2 atom stereocenters. The molecule has 136 valence electrons. The highest BCUT2D eigenvalue weighted by molar-refractivity contribution is 5.17. The van der Waals surface area contributed by atoms with Gasteiger partial charge in [0.25, 0.3) is 0 Å². The Labute approximate surface area is 142 Å². The zero-order valence-corrected chi connectivity index (χ0v) is 14.2. The Morgan fingerprint density at radius 3 is 2.92 bits per heavy atom. The first kappa shape index (κ1) is 19.3. The van der Waals surface area contributed by atoms with E-state index in [-0.39, 0.29) is 18.8 Å². The predicted octanol–water partition coefficient (Wildman–Crippen LogP) is 4.77. The number of rotatable bonds is 9. The van der Waals surface area contributed by atoms with Crippen molar-refractivity contribution in [3.05, 3.63) is 35.4 Å². The molecule has 0 amide bonds. The van der Waals surface area contributed by atoms with E-state index in [1.807, 2.05) is 0 Å². The summed E-state index contributed by atoms with van der Waals surface area (Å²) < 4.78 is 45.2. The molecule has 2 nitrogen and oxygen atoms in total. The Bertz CT molecular complexity index is 476. The van der Waals surface area contributed by atoms with Crippen molar-refractivity contribution >= 4 is 0 Å². The Kier molecular flexibility index (Phi) is 8.60. The molecule has 0 spiro atoms. The van der Waals surface area contributed by atoms with Crippen LogP contribution in [0.2, 0.25) is 0 Å². The Morgan fingerprint density at radius 2 is 2.08 bits per heavy atom. The SMILES string of the molecule is Fc1ccc(COCC(F)CCCCC2CCCCNC2)c(F)c1. The molecule has 1 N–H and O–H groups in total. The molecule has 0 radical (unpaired) electrons. The minimum absolute atomic E-state index is 0.0275. The lowest BCUT2D eigenvalue weighted by Gasteiger charge is -2.14. The van der Waals surface area contributed by atoms with Crippen molar-refractivity contribution in [1.29, 1.82) is 0 Å². The number of unbranched alkanes of at least 4 members (excludes halogenated alkanes) is 1. The zero-order valence-electron chi connectivity index (χ0n) is 14.2. The number of hydrogen-bond acceptors (Lipinski definition) is 2. The molecule has 0 aromatic heterocycles. The van der Waals surface area contributed by atoms with Gasteiger partial charge in [-0.15, -0.1) is 0 Å². The van der Waals surface area contributed by atoms with Gasteiger partial charge in [0.1, 0.15) is 17.8 Å². The first-order valence-electron chi connectivity index (χ1n) is 9.01. The van der Waals surface area contributed by atoms with Crippen LogP contribution in [-0.4, -0.2) is 25.9 Å². The molecule has 1 saturated heterocycles. The number of ether oxygens (including phenoxy) is 1. The van der Waals surface area contributed by atoms with Gasteiger partial charge < -0.3 is 10.1 Å². The summed E-state index contributed by atoms with van der Waals surface area (Å²) in [6, 6.07) is 3.32. The molecule has 5 heteroatoms. The second-order valence-electron chi connectivity index (χ2n) is 6.70. The summed E-state index contributed by atoms with van der Waals surface area (Å²) >= 11 is 0. The van der Waals surface area contributed by atoms with Gasteiger partial charge >= 0.3 is 0 Å². The summed E-state index contributed by atoms with van der Waals surface area (Å²) in [5, 5.41) is 3.45. The van der Waals surface area contributed by atoms with Gasteiger partial charge in [0.05, 0.1) is 13.2 Å². The van der Waals surface area contributed by atoms with Crippen molar-refractivity contribution in [2.45, 2.75) is 57.7 Å². The quantitative estimate of drug-likeness (QED) is 0.652. The van der Waals surface area contributed by atoms with E-state index in [4.69, 9.17) is 4.74 Å². The standard InChI is InChI=1S/C19H28F3NO/c20-17-9-8-16(19(22)11-17)13-24-14-18(21)7-2-1-5-15-6-3-4-10-23-12-15/h8-9,11,15,18,23H,1-7,10,12-14H2. The van der Waals surface area contributed by atoms with Crippen LogP contribution in [0.4, 0.5) is 13.2 Å². The average Bonchev–Trinajstić information content (AvgIpc) is 2.82. The summed E-state index contributed by atoms with van der Waals surface area (Å²) in [6.45, 7) is 2.14. The Morgan fingerprint density at radius 1 is 1.21 bits per heavy atom. The van der Waals surface area contributed by atoms with E-state index >= 15 is 0 Å². The van der Waals surface area contributed by atoms with E-state index in [9.17, 15) is 13.2 Å². The van der Waals surface area contributed by atoms with Crippen LogP contribution in [0.1, 0.15) is 50.5 Å². The van der Waals surface area contributed by atoms with E-state index in [0.717, 1.165) is 44.3 Å². The number of nitrogens with one attached hydrogen (secondary N) is 1.